The predicted molar refractivity (Wildman–Crippen MR) is 126 cm³/mol. The number of ketones is 1. The number of hydrogen-bond donors (Lipinski definition) is 1. The second kappa shape index (κ2) is 12.3. The molecule has 33 heavy (non-hydrogen) atoms. The SMILES string of the molecule is CCOc1cc(OCC)c(N=NC(C(C)=O)C(=O)Nc2ccc(Cl)c(OC)c2OC)cc1Cl. The molecule has 0 saturated heterocycles. The van der Waals surface area contributed by atoms with Crippen LogP contribution in [0.5, 0.6) is 23.0 Å². The van der Waals surface area contributed by atoms with Crippen molar-refractivity contribution in [2.45, 2.75) is 26.8 Å². The number of hydrogen-bond acceptors (Lipinski definition) is 8. The van der Waals surface area contributed by atoms with Crippen LogP contribution in [-0.4, -0.2) is 45.2 Å². The van der Waals surface area contributed by atoms with Gasteiger partial charge in [-0.1, -0.05) is 23.2 Å². The summed E-state index contributed by atoms with van der Waals surface area (Å²) in [6.45, 7) is 5.63. The minimum Gasteiger partial charge on any atom is -0.492 e. The van der Waals surface area contributed by atoms with E-state index in [-0.39, 0.29) is 27.9 Å². The maximum Gasteiger partial charge on any atom is 0.258 e. The number of Topliss-reactive ketones (excluding diaryl/α,β-unsaturated/α-hetero) is 1. The molecule has 1 N–H and O–H groups in total. The Morgan fingerprint density at radius 2 is 1.61 bits per heavy atom. The molecule has 0 aliphatic rings. The lowest BCUT2D eigenvalue weighted by Crippen LogP contribution is -2.32. The van der Waals surface area contributed by atoms with Crippen molar-refractivity contribution in [1.82, 2.24) is 0 Å². The van der Waals surface area contributed by atoms with Crippen molar-refractivity contribution in [2.75, 3.05) is 32.8 Å². The zero-order valence-corrected chi connectivity index (χ0v) is 20.4. The Morgan fingerprint density at radius 1 is 0.970 bits per heavy atom. The van der Waals surface area contributed by atoms with Crippen LogP contribution in [0.25, 0.3) is 0 Å². The van der Waals surface area contributed by atoms with Crippen molar-refractivity contribution in [3.63, 3.8) is 0 Å². The lowest BCUT2D eigenvalue weighted by molar-refractivity contribution is -0.126. The number of anilines is 1. The van der Waals surface area contributed by atoms with E-state index in [2.05, 4.69) is 15.5 Å². The van der Waals surface area contributed by atoms with E-state index in [1.54, 1.807) is 13.0 Å². The average molecular weight is 498 g/mol. The number of rotatable bonds is 11. The summed E-state index contributed by atoms with van der Waals surface area (Å²) in [7, 11) is 2.82. The molecule has 178 valence electrons. The van der Waals surface area contributed by atoms with E-state index < -0.39 is 17.7 Å². The molecule has 0 spiro atoms. The monoisotopic (exact) mass is 497 g/mol. The summed E-state index contributed by atoms with van der Waals surface area (Å²) in [5.74, 6) is -0.0277. The summed E-state index contributed by atoms with van der Waals surface area (Å²) in [6, 6.07) is 4.69. The number of benzene rings is 2. The fourth-order valence-electron chi connectivity index (χ4n) is 2.81. The van der Waals surface area contributed by atoms with Crippen molar-refractivity contribution in [3.05, 3.63) is 34.3 Å². The first-order chi connectivity index (χ1) is 15.8. The van der Waals surface area contributed by atoms with Gasteiger partial charge in [-0.3, -0.25) is 9.59 Å². The van der Waals surface area contributed by atoms with E-state index in [0.717, 1.165) is 0 Å². The van der Waals surface area contributed by atoms with E-state index in [1.807, 2.05) is 6.92 Å². The maximum atomic E-state index is 12.9. The molecule has 2 aromatic rings. The van der Waals surface area contributed by atoms with Gasteiger partial charge in [0.25, 0.3) is 5.91 Å². The molecule has 0 aromatic heterocycles. The zero-order valence-electron chi connectivity index (χ0n) is 18.9. The van der Waals surface area contributed by atoms with Crippen molar-refractivity contribution in [2.24, 2.45) is 10.2 Å². The van der Waals surface area contributed by atoms with Crippen LogP contribution in [0.2, 0.25) is 10.0 Å². The molecule has 9 nitrogen and oxygen atoms in total. The Hall–Kier alpha value is -3.04. The summed E-state index contributed by atoms with van der Waals surface area (Å²) in [5.41, 5.74) is 0.499. The van der Waals surface area contributed by atoms with Crippen LogP contribution in [0.3, 0.4) is 0 Å². The molecule has 0 radical (unpaired) electrons. The van der Waals surface area contributed by atoms with E-state index >= 15 is 0 Å². The topological polar surface area (TPSA) is 108 Å². The van der Waals surface area contributed by atoms with Gasteiger partial charge < -0.3 is 24.3 Å². The Morgan fingerprint density at radius 3 is 2.18 bits per heavy atom. The number of carbonyl (C=O) groups is 2. The van der Waals surface area contributed by atoms with E-state index in [0.29, 0.717) is 29.7 Å². The number of nitrogens with zero attached hydrogens (tertiary/aromatic N) is 2. The summed E-state index contributed by atoms with van der Waals surface area (Å²) in [6.07, 6.45) is 0. The molecule has 2 rings (SSSR count). The molecule has 0 saturated carbocycles. The van der Waals surface area contributed by atoms with E-state index in [1.165, 1.54) is 39.3 Å². The van der Waals surface area contributed by atoms with E-state index in [4.69, 9.17) is 42.1 Å². The standard InChI is InChI=1S/C22H25Cl2N3O6/c1-6-32-17-11-18(33-7-2)16(10-14(17)24)26-27-19(12(3)28)22(29)25-15-9-8-13(23)20(30-4)21(15)31-5/h8-11,19H,6-7H2,1-5H3,(H,25,29). The fourth-order valence-corrected chi connectivity index (χ4v) is 3.25. The average Bonchev–Trinajstić information content (AvgIpc) is 2.77. The van der Waals surface area contributed by atoms with Crippen LogP contribution < -0.4 is 24.3 Å². The number of halogens is 2. The molecule has 0 fully saturated rings. The van der Waals surface area contributed by atoms with Gasteiger partial charge in [0.15, 0.2) is 23.0 Å². The second-order valence-electron chi connectivity index (χ2n) is 6.50. The quantitative estimate of drug-likeness (QED) is 0.324. The molecule has 0 aliphatic heterocycles. The number of azo groups is 1. The van der Waals surface area contributed by atoms with Gasteiger partial charge in [-0.05, 0) is 39.0 Å². The highest BCUT2D eigenvalue weighted by Crippen LogP contribution is 2.41. The minimum atomic E-state index is -1.43. The molecule has 1 amide bonds. The third-order valence-corrected chi connectivity index (χ3v) is 4.85. The molecular formula is C22H25Cl2N3O6. The van der Waals surface area contributed by atoms with Crippen LogP contribution >= 0.6 is 23.2 Å². The van der Waals surface area contributed by atoms with Gasteiger partial charge in [-0.15, -0.1) is 0 Å². The lowest BCUT2D eigenvalue weighted by atomic mass is 10.2. The molecule has 0 bridgehead atoms. The Bertz CT molecular complexity index is 1050. The summed E-state index contributed by atoms with van der Waals surface area (Å²) in [5, 5.41) is 11.2. The molecular weight excluding hydrogens is 473 g/mol. The Balaban J connectivity index is 2.36. The summed E-state index contributed by atoms with van der Waals surface area (Å²) >= 11 is 12.3. The largest absolute Gasteiger partial charge is 0.492 e. The molecule has 2 aromatic carbocycles. The lowest BCUT2D eigenvalue weighted by Gasteiger charge is -2.16. The number of ether oxygens (including phenoxy) is 4. The smallest absolute Gasteiger partial charge is 0.258 e. The fraction of sp³-hybridized carbons (Fsp3) is 0.364. The van der Waals surface area contributed by atoms with Crippen LogP contribution in [-0.2, 0) is 9.59 Å². The van der Waals surface area contributed by atoms with E-state index in [9.17, 15) is 9.59 Å². The normalized spacial score (nSPS) is 11.7. The number of carbonyl (C=O) groups excluding carboxylic acids is 2. The predicted octanol–water partition coefficient (Wildman–Crippen LogP) is 5.49. The van der Waals surface area contributed by atoms with Gasteiger partial charge in [0.2, 0.25) is 6.04 Å². The minimum absolute atomic E-state index is 0.203. The first kappa shape index (κ1) is 26.2. The van der Waals surface area contributed by atoms with Gasteiger partial charge in [-0.2, -0.15) is 10.2 Å². The highest BCUT2D eigenvalue weighted by Gasteiger charge is 2.26. The molecule has 11 heteroatoms. The van der Waals surface area contributed by atoms with Crippen LogP contribution in [0, 0.1) is 0 Å². The summed E-state index contributed by atoms with van der Waals surface area (Å²) < 4.78 is 21.6. The van der Waals surface area contributed by atoms with Crippen molar-refractivity contribution in [3.8, 4) is 23.0 Å². The van der Waals surface area contributed by atoms with Crippen molar-refractivity contribution in [1.29, 1.82) is 0 Å². The van der Waals surface area contributed by atoms with Crippen molar-refractivity contribution >= 4 is 46.3 Å². The Kier molecular flexibility index (Phi) is 9.74. The van der Waals surface area contributed by atoms with Crippen LogP contribution in [0.15, 0.2) is 34.5 Å². The third kappa shape index (κ3) is 6.49. The maximum absolute atomic E-state index is 12.9. The van der Waals surface area contributed by atoms with Crippen LogP contribution in [0.4, 0.5) is 11.4 Å². The van der Waals surface area contributed by atoms with Gasteiger partial charge in [-0.25, -0.2) is 0 Å². The highest BCUT2D eigenvalue weighted by atomic mass is 35.5. The van der Waals surface area contributed by atoms with Gasteiger partial charge >= 0.3 is 0 Å². The van der Waals surface area contributed by atoms with Crippen molar-refractivity contribution < 1.29 is 28.5 Å². The van der Waals surface area contributed by atoms with Crippen LogP contribution in [0.1, 0.15) is 20.8 Å². The zero-order chi connectivity index (χ0) is 24.5. The second-order valence-corrected chi connectivity index (χ2v) is 7.31. The number of nitrogens with one attached hydrogen (secondary N) is 1. The first-order valence-electron chi connectivity index (χ1n) is 9.99. The molecule has 0 heterocycles. The first-order valence-corrected chi connectivity index (χ1v) is 10.7. The summed E-state index contributed by atoms with van der Waals surface area (Å²) in [4.78, 5) is 25.0. The highest BCUT2D eigenvalue weighted by molar-refractivity contribution is 6.32. The van der Waals surface area contributed by atoms with Gasteiger partial charge in [0, 0.05) is 6.07 Å². The molecule has 1 atom stereocenters. The number of methoxy groups -OCH3 is 2. The van der Waals surface area contributed by atoms with Gasteiger partial charge in [0.1, 0.15) is 11.4 Å². The third-order valence-electron chi connectivity index (χ3n) is 4.26. The molecule has 1 unspecified atom stereocenters. The molecule has 0 aliphatic carbocycles. The Labute approximate surface area is 202 Å². The number of amides is 1. The van der Waals surface area contributed by atoms with Gasteiger partial charge in [0.05, 0.1) is 43.2 Å².